The molecule has 1 aromatic carbocycles. The number of hydrogen-bond acceptors (Lipinski definition) is 4. The molecular weight excluding hydrogens is 376 g/mol. The molecule has 4 heterocycles. The van der Waals surface area contributed by atoms with Gasteiger partial charge in [-0.1, -0.05) is 29.8 Å². The summed E-state index contributed by atoms with van der Waals surface area (Å²) < 4.78 is 1.94. The van der Waals surface area contributed by atoms with Gasteiger partial charge in [0.2, 0.25) is 0 Å². The van der Waals surface area contributed by atoms with Gasteiger partial charge in [0, 0.05) is 50.5 Å². The Morgan fingerprint density at radius 3 is 2.75 bits per heavy atom. The van der Waals surface area contributed by atoms with Crippen LogP contribution in [0.5, 0.6) is 0 Å². The monoisotopic (exact) mass is 394 g/mol. The average molecular weight is 395 g/mol. The summed E-state index contributed by atoms with van der Waals surface area (Å²) in [6, 6.07) is 11.5. The number of carbonyl (C=O) groups is 1. The SMILES string of the molecule is O=C(c1n[nH]c2ccccc12)N1CCN(Cc2cn3cc(Cl)ccc3n2)CC1. The van der Waals surface area contributed by atoms with Crippen molar-refractivity contribution in [2.75, 3.05) is 26.2 Å². The Kier molecular flexibility index (Phi) is 4.26. The molecule has 5 rings (SSSR count). The fourth-order valence-electron chi connectivity index (χ4n) is 3.71. The maximum absolute atomic E-state index is 12.9. The van der Waals surface area contributed by atoms with E-state index in [4.69, 9.17) is 11.6 Å². The molecule has 3 aromatic heterocycles. The summed E-state index contributed by atoms with van der Waals surface area (Å²) in [5.74, 6) is -0.0144. The van der Waals surface area contributed by atoms with Crippen LogP contribution in [0.3, 0.4) is 0 Å². The third-order valence-electron chi connectivity index (χ3n) is 5.18. The molecule has 0 unspecified atom stereocenters. The standard InChI is InChI=1S/C20H19ClN6O/c21-14-5-6-18-22-15(13-27(18)11-14)12-25-7-9-26(10-8-25)20(28)19-16-3-1-2-4-17(16)23-24-19/h1-6,11,13H,7-10,12H2,(H,23,24). The van der Waals surface area contributed by atoms with E-state index in [2.05, 4.69) is 20.1 Å². The number of halogens is 1. The number of benzene rings is 1. The number of hydrogen-bond donors (Lipinski definition) is 1. The van der Waals surface area contributed by atoms with Crippen LogP contribution >= 0.6 is 11.6 Å². The number of pyridine rings is 1. The Hall–Kier alpha value is -2.90. The number of imidazole rings is 1. The van der Waals surface area contributed by atoms with E-state index in [1.54, 1.807) is 0 Å². The number of rotatable bonds is 3. The molecule has 1 fully saturated rings. The van der Waals surface area contributed by atoms with Gasteiger partial charge in [-0.2, -0.15) is 5.10 Å². The molecule has 0 saturated carbocycles. The van der Waals surface area contributed by atoms with Gasteiger partial charge in [-0.15, -0.1) is 0 Å². The Labute approximate surface area is 166 Å². The summed E-state index contributed by atoms with van der Waals surface area (Å²) >= 11 is 6.04. The zero-order valence-electron chi connectivity index (χ0n) is 15.2. The maximum Gasteiger partial charge on any atom is 0.275 e. The first-order chi connectivity index (χ1) is 13.7. The molecule has 1 amide bonds. The van der Waals surface area contributed by atoms with Crippen LogP contribution in [0.4, 0.5) is 0 Å². The van der Waals surface area contributed by atoms with Crippen LogP contribution in [0, 0.1) is 0 Å². The number of aromatic amines is 1. The van der Waals surface area contributed by atoms with Crippen molar-refractivity contribution < 1.29 is 4.79 Å². The smallest absolute Gasteiger partial charge is 0.275 e. The van der Waals surface area contributed by atoms with E-state index in [-0.39, 0.29) is 5.91 Å². The van der Waals surface area contributed by atoms with E-state index in [9.17, 15) is 4.79 Å². The number of H-pyrrole nitrogens is 1. The third-order valence-corrected chi connectivity index (χ3v) is 5.41. The Morgan fingerprint density at radius 2 is 1.89 bits per heavy atom. The molecule has 4 aromatic rings. The molecule has 1 N–H and O–H groups in total. The second-order valence-electron chi connectivity index (χ2n) is 7.03. The van der Waals surface area contributed by atoms with Gasteiger partial charge >= 0.3 is 0 Å². The van der Waals surface area contributed by atoms with Gasteiger partial charge in [0.25, 0.3) is 5.91 Å². The fraction of sp³-hybridized carbons (Fsp3) is 0.250. The minimum atomic E-state index is -0.0144. The van der Waals surface area contributed by atoms with Crippen LogP contribution in [0.2, 0.25) is 5.02 Å². The normalized spacial score (nSPS) is 15.5. The number of aromatic nitrogens is 4. The van der Waals surface area contributed by atoms with Gasteiger partial charge < -0.3 is 9.30 Å². The predicted molar refractivity (Wildman–Crippen MR) is 107 cm³/mol. The summed E-state index contributed by atoms with van der Waals surface area (Å²) in [7, 11) is 0. The van der Waals surface area contributed by atoms with Crippen molar-refractivity contribution in [2.45, 2.75) is 6.54 Å². The molecule has 1 saturated heterocycles. The fourth-order valence-corrected chi connectivity index (χ4v) is 3.88. The van der Waals surface area contributed by atoms with Crippen molar-refractivity contribution in [2.24, 2.45) is 0 Å². The Balaban J connectivity index is 1.25. The second kappa shape index (κ2) is 6.92. The molecule has 142 valence electrons. The molecule has 0 bridgehead atoms. The first kappa shape index (κ1) is 17.2. The van der Waals surface area contributed by atoms with E-state index in [1.807, 2.05) is 58.1 Å². The number of piperazine rings is 1. The number of carbonyl (C=O) groups excluding carboxylic acids is 1. The number of nitrogens with zero attached hydrogens (tertiary/aromatic N) is 5. The molecule has 1 aliphatic rings. The number of amides is 1. The van der Waals surface area contributed by atoms with Crippen molar-refractivity contribution in [3.63, 3.8) is 0 Å². The summed E-state index contributed by atoms with van der Waals surface area (Å²) in [6.45, 7) is 3.73. The van der Waals surface area contributed by atoms with E-state index in [1.165, 1.54) is 0 Å². The third kappa shape index (κ3) is 3.12. The summed E-state index contributed by atoms with van der Waals surface area (Å²) in [5.41, 5.74) is 3.27. The van der Waals surface area contributed by atoms with Crippen molar-refractivity contribution in [1.82, 2.24) is 29.4 Å². The average Bonchev–Trinajstić information content (AvgIpc) is 3.31. The number of fused-ring (bicyclic) bond motifs is 2. The zero-order valence-corrected chi connectivity index (χ0v) is 15.9. The van der Waals surface area contributed by atoms with Gasteiger partial charge in [0.15, 0.2) is 5.69 Å². The van der Waals surface area contributed by atoms with E-state index >= 15 is 0 Å². The molecule has 7 nitrogen and oxygen atoms in total. The van der Waals surface area contributed by atoms with Crippen molar-refractivity contribution in [1.29, 1.82) is 0 Å². The van der Waals surface area contributed by atoms with Gasteiger partial charge in [0.1, 0.15) is 5.65 Å². The molecule has 0 radical (unpaired) electrons. The molecular formula is C20H19ClN6O. The predicted octanol–water partition coefficient (Wildman–Crippen LogP) is 2.82. The highest BCUT2D eigenvalue weighted by Gasteiger charge is 2.25. The highest BCUT2D eigenvalue weighted by atomic mass is 35.5. The maximum atomic E-state index is 12.9. The number of para-hydroxylation sites is 1. The molecule has 0 aliphatic carbocycles. The highest BCUT2D eigenvalue weighted by molar-refractivity contribution is 6.30. The van der Waals surface area contributed by atoms with Crippen molar-refractivity contribution in [3.05, 3.63) is 65.2 Å². The lowest BCUT2D eigenvalue weighted by Crippen LogP contribution is -2.48. The summed E-state index contributed by atoms with van der Waals surface area (Å²) in [6.07, 6.45) is 3.87. The van der Waals surface area contributed by atoms with Gasteiger partial charge in [-0.3, -0.25) is 14.8 Å². The van der Waals surface area contributed by atoms with E-state index in [0.29, 0.717) is 23.8 Å². The first-order valence-corrected chi connectivity index (χ1v) is 9.63. The van der Waals surface area contributed by atoms with Crippen LogP contribution in [0.25, 0.3) is 16.6 Å². The van der Waals surface area contributed by atoms with Crippen molar-refractivity contribution in [3.8, 4) is 0 Å². The van der Waals surface area contributed by atoms with E-state index in [0.717, 1.165) is 41.9 Å². The lowest BCUT2D eigenvalue weighted by molar-refractivity contribution is 0.0623. The quantitative estimate of drug-likeness (QED) is 0.580. The summed E-state index contributed by atoms with van der Waals surface area (Å²) in [4.78, 5) is 21.7. The molecule has 0 atom stereocenters. The van der Waals surface area contributed by atoms with Crippen LogP contribution in [0.15, 0.2) is 48.8 Å². The van der Waals surface area contributed by atoms with Crippen LogP contribution in [-0.4, -0.2) is 61.5 Å². The molecule has 0 spiro atoms. The van der Waals surface area contributed by atoms with Gasteiger partial charge in [-0.25, -0.2) is 4.98 Å². The van der Waals surface area contributed by atoms with E-state index < -0.39 is 0 Å². The first-order valence-electron chi connectivity index (χ1n) is 9.25. The van der Waals surface area contributed by atoms with Crippen molar-refractivity contribution >= 4 is 34.1 Å². The zero-order chi connectivity index (χ0) is 19.1. The van der Waals surface area contributed by atoms with Crippen LogP contribution in [0.1, 0.15) is 16.2 Å². The van der Waals surface area contributed by atoms with Crippen LogP contribution < -0.4 is 0 Å². The molecule has 28 heavy (non-hydrogen) atoms. The van der Waals surface area contributed by atoms with Gasteiger partial charge in [-0.05, 0) is 18.2 Å². The Morgan fingerprint density at radius 1 is 1.07 bits per heavy atom. The molecule has 8 heteroatoms. The minimum absolute atomic E-state index is 0.0144. The topological polar surface area (TPSA) is 69.5 Å². The highest BCUT2D eigenvalue weighted by Crippen LogP contribution is 2.18. The lowest BCUT2D eigenvalue weighted by atomic mass is 10.2. The lowest BCUT2D eigenvalue weighted by Gasteiger charge is -2.34. The van der Waals surface area contributed by atoms with Gasteiger partial charge in [0.05, 0.1) is 16.2 Å². The Bertz CT molecular complexity index is 1160. The minimum Gasteiger partial charge on any atom is -0.335 e. The second-order valence-corrected chi connectivity index (χ2v) is 7.47. The van der Waals surface area contributed by atoms with Crippen LogP contribution in [-0.2, 0) is 6.54 Å². The summed E-state index contributed by atoms with van der Waals surface area (Å²) in [5, 5.41) is 8.74. The largest absolute Gasteiger partial charge is 0.335 e. The number of nitrogens with one attached hydrogen (secondary N) is 1. The molecule has 1 aliphatic heterocycles.